The Morgan fingerprint density at radius 1 is 0.718 bits per heavy atom. The summed E-state index contributed by atoms with van der Waals surface area (Å²) in [5.74, 6) is 0.0246. The Labute approximate surface area is 223 Å². The highest BCUT2D eigenvalue weighted by molar-refractivity contribution is 5.99. The molecule has 2 amide bonds. The zero-order chi connectivity index (χ0) is 27.1. The van der Waals surface area contributed by atoms with Crippen LogP contribution in [0.25, 0.3) is 16.6 Å². The SMILES string of the molecule is O=C(c1ccccc1)N1CCN(C2CN(C(=O)c3ccc4c(ccn4-c4ccc(C(F)(F)F)cc4)c3)C2)CC1. The summed E-state index contributed by atoms with van der Waals surface area (Å²) in [6, 6.07) is 21.9. The Kier molecular flexibility index (Phi) is 6.38. The fourth-order valence-corrected chi connectivity index (χ4v) is 5.40. The molecule has 0 saturated carbocycles. The molecule has 0 aliphatic carbocycles. The molecule has 200 valence electrons. The zero-order valence-electron chi connectivity index (χ0n) is 21.1. The summed E-state index contributed by atoms with van der Waals surface area (Å²) >= 11 is 0. The van der Waals surface area contributed by atoms with Crippen LogP contribution in [0, 0.1) is 0 Å². The van der Waals surface area contributed by atoms with Gasteiger partial charge in [0.1, 0.15) is 0 Å². The van der Waals surface area contributed by atoms with Crippen molar-refractivity contribution in [3.8, 4) is 5.69 Å². The Bertz CT molecular complexity index is 1500. The minimum Gasteiger partial charge on any atom is -0.336 e. The summed E-state index contributed by atoms with van der Waals surface area (Å²) in [5.41, 5.74) is 2.04. The number of rotatable bonds is 4. The minimum absolute atomic E-state index is 0.0340. The van der Waals surface area contributed by atoms with Crippen LogP contribution in [-0.2, 0) is 6.18 Å². The van der Waals surface area contributed by atoms with Gasteiger partial charge in [-0.15, -0.1) is 0 Å². The van der Waals surface area contributed by atoms with E-state index in [0.29, 0.717) is 43.0 Å². The number of hydrogen-bond acceptors (Lipinski definition) is 3. The largest absolute Gasteiger partial charge is 0.416 e. The number of aromatic nitrogens is 1. The monoisotopic (exact) mass is 532 g/mol. The van der Waals surface area contributed by atoms with E-state index in [1.807, 2.05) is 62.9 Å². The highest BCUT2D eigenvalue weighted by Gasteiger charge is 2.37. The predicted octanol–water partition coefficient (Wildman–Crippen LogP) is 4.93. The van der Waals surface area contributed by atoms with Gasteiger partial charge < -0.3 is 14.4 Å². The van der Waals surface area contributed by atoms with Crippen molar-refractivity contribution >= 4 is 22.7 Å². The van der Waals surface area contributed by atoms with Crippen molar-refractivity contribution in [3.05, 3.63) is 102 Å². The first-order valence-electron chi connectivity index (χ1n) is 12.9. The van der Waals surface area contributed by atoms with E-state index in [-0.39, 0.29) is 17.9 Å². The molecule has 4 aromatic rings. The van der Waals surface area contributed by atoms with Gasteiger partial charge in [0.2, 0.25) is 0 Å². The highest BCUT2D eigenvalue weighted by Crippen LogP contribution is 2.31. The first-order chi connectivity index (χ1) is 18.8. The second kappa shape index (κ2) is 9.89. The molecule has 6 nitrogen and oxygen atoms in total. The van der Waals surface area contributed by atoms with Crippen LogP contribution in [0.1, 0.15) is 26.3 Å². The molecule has 0 radical (unpaired) electrons. The molecule has 3 heterocycles. The van der Waals surface area contributed by atoms with E-state index in [2.05, 4.69) is 4.90 Å². The lowest BCUT2D eigenvalue weighted by Gasteiger charge is -2.48. The average molecular weight is 533 g/mol. The van der Waals surface area contributed by atoms with Crippen molar-refractivity contribution in [1.29, 1.82) is 0 Å². The molecule has 0 unspecified atom stereocenters. The van der Waals surface area contributed by atoms with Crippen LogP contribution < -0.4 is 0 Å². The van der Waals surface area contributed by atoms with Crippen LogP contribution in [0.4, 0.5) is 13.2 Å². The van der Waals surface area contributed by atoms with Crippen molar-refractivity contribution < 1.29 is 22.8 Å². The maximum atomic E-state index is 13.1. The van der Waals surface area contributed by atoms with Crippen molar-refractivity contribution in [2.24, 2.45) is 0 Å². The van der Waals surface area contributed by atoms with Gasteiger partial charge in [0.15, 0.2) is 0 Å². The third-order valence-electron chi connectivity index (χ3n) is 7.70. The molecule has 1 aromatic heterocycles. The standard InChI is InChI=1S/C30H27F3N4O2/c31-30(32,33)24-7-9-25(10-8-24)37-13-12-22-18-23(6-11-27(22)37)29(39)36-19-26(20-36)34-14-16-35(17-15-34)28(38)21-4-2-1-3-5-21/h1-13,18,26H,14-17,19-20H2. The molecule has 0 spiro atoms. The number of amides is 2. The summed E-state index contributed by atoms with van der Waals surface area (Å²) in [6.07, 6.45) is -2.58. The van der Waals surface area contributed by atoms with Crippen LogP contribution >= 0.6 is 0 Å². The van der Waals surface area contributed by atoms with Gasteiger partial charge in [0, 0.05) is 73.7 Å². The number of piperazine rings is 1. The van der Waals surface area contributed by atoms with Crippen LogP contribution in [0.5, 0.6) is 0 Å². The molecule has 0 bridgehead atoms. The van der Waals surface area contributed by atoms with E-state index in [1.165, 1.54) is 12.1 Å². The molecule has 2 fully saturated rings. The minimum atomic E-state index is -4.38. The normalized spacial score (nSPS) is 16.9. The smallest absolute Gasteiger partial charge is 0.336 e. The second-order valence-electron chi connectivity index (χ2n) is 10.1. The molecule has 2 saturated heterocycles. The highest BCUT2D eigenvalue weighted by atomic mass is 19.4. The van der Waals surface area contributed by atoms with Gasteiger partial charge in [0.25, 0.3) is 11.8 Å². The van der Waals surface area contributed by atoms with Gasteiger partial charge in [-0.05, 0) is 60.7 Å². The van der Waals surface area contributed by atoms with E-state index in [4.69, 9.17) is 0 Å². The van der Waals surface area contributed by atoms with E-state index >= 15 is 0 Å². The van der Waals surface area contributed by atoms with Crippen LogP contribution in [0.3, 0.4) is 0 Å². The van der Waals surface area contributed by atoms with Crippen molar-refractivity contribution in [2.75, 3.05) is 39.3 Å². The van der Waals surface area contributed by atoms with Gasteiger partial charge in [0.05, 0.1) is 11.1 Å². The Morgan fingerprint density at radius 2 is 1.38 bits per heavy atom. The maximum Gasteiger partial charge on any atom is 0.416 e. The Balaban J connectivity index is 1.06. The summed E-state index contributed by atoms with van der Waals surface area (Å²) < 4.78 is 40.5. The van der Waals surface area contributed by atoms with Gasteiger partial charge >= 0.3 is 6.18 Å². The fourth-order valence-electron chi connectivity index (χ4n) is 5.40. The Hall–Kier alpha value is -4.11. The first kappa shape index (κ1) is 25.2. The van der Waals surface area contributed by atoms with Crippen molar-refractivity contribution in [2.45, 2.75) is 12.2 Å². The number of carbonyl (C=O) groups excluding carboxylic acids is 2. The lowest BCUT2D eigenvalue weighted by Crippen LogP contribution is -2.64. The number of halogens is 3. The summed E-state index contributed by atoms with van der Waals surface area (Å²) in [4.78, 5) is 31.9. The molecule has 2 aliphatic heterocycles. The van der Waals surface area contributed by atoms with Crippen LogP contribution in [0.15, 0.2) is 85.1 Å². The second-order valence-corrected chi connectivity index (χ2v) is 10.1. The molecule has 0 atom stereocenters. The number of hydrogen-bond donors (Lipinski definition) is 0. The molecule has 6 rings (SSSR count). The fraction of sp³-hybridized carbons (Fsp3) is 0.267. The van der Waals surface area contributed by atoms with Gasteiger partial charge in [-0.25, -0.2) is 0 Å². The molecule has 9 heteroatoms. The summed E-state index contributed by atoms with van der Waals surface area (Å²) in [7, 11) is 0. The van der Waals surface area contributed by atoms with Gasteiger partial charge in [-0.1, -0.05) is 18.2 Å². The molecule has 0 N–H and O–H groups in total. The Morgan fingerprint density at radius 3 is 2.05 bits per heavy atom. The van der Waals surface area contributed by atoms with E-state index in [1.54, 1.807) is 12.3 Å². The van der Waals surface area contributed by atoms with Crippen molar-refractivity contribution in [1.82, 2.24) is 19.3 Å². The maximum absolute atomic E-state index is 13.1. The van der Waals surface area contributed by atoms with Crippen molar-refractivity contribution in [3.63, 3.8) is 0 Å². The molecular weight excluding hydrogens is 505 g/mol. The van der Waals surface area contributed by atoms with Gasteiger partial charge in [-0.3, -0.25) is 14.5 Å². The van der Waals surface area contributed by atoms with E-state index in [0.717, 1.165) is 36.1 Å². The number of likely N-dealkylation sites (tertiary alicyclic amines) is 1. The molecule has 39 heavy (non-hydrogen) atoms. The van der Waals surface area contributed by atoms with Gasteiger partial charge in [-0.2, -0.15) is 13.2 Å². The van der Waals surface area contributed by atoms with E-state index in [9.17, 15) is 22.8 Å². The van der Waals surface area contributed by atoms with Crippen LogP contribution in [-0.4, -0.2) is 76.4 Å². The number of benzene rings is 3. The topological polar surface area (TPSA) is 48.8 Å². The van der Waals surface area contributed by atoms with Crippen LogP contribution in [0.2, 0.25) is 0 Å². The molecular formula is C30H27F3N4O2. The predicted molar refractivity (Wildman–Crippen MR) is 142 cm³/mol. The number of alkyl halides is 3. The zero-order valence-corrected chi connectivity index (χ0v) is 21.1. The third-order valence-corrected chi connectivity index (χ3v) is 7.70. The number of nitrogens with zero attached hydrogens (tertiary/aromatic N) is 4. The van der Waals surface area contributed by atoms with E-state index < -0.39 is 11.7 Å². The average Bonchev–Trinajstić information content (AvgIpc) is 3.35. The third kappa shape index (κ3) is 4.90. The lowest BCUT2D eigenvalue weighted by molar-refractivity contribution is -0.137. The lowest BCUT2D eigenvalue weighted by atomic mass is 10.0. The number of carbonyl (C=O) groups is 2. The number of fused-ring (bicyclic) bond motifs is 1. The summed E-state index contributed by atoms with van der Waals surface area (Å²) in [5, 5.41) is 0.844. The first-order valence-corrected chi connectivity index (χ1v) is 12.9. The molecule has 2 aliphatic rings. The quantitative estimate of drug-likeness (QED) is 0.375. The molecule has 3 aromatic carbocycles. The summed E-state index contributed by atoms with van der Waals surface area (Å²) in [6.45, 7) is 4.21.